The van der Waals surface area contributed by atoms with Crippen molar-refractivity contribution in [1.82, 2.24) is 0 Å². The molecule has 174 valence electrons. The van der Waals surface area contributed by atoms with Gasteiger partial charge in [0.1, 0.15) is 11.5 Å². The quantitative estimate of drug-likeness (QED) is 0.326. The van der Waals surface area contributed by atoms with Gasteiger partial charge < -0.3 is 19.9 Å². The average Bonchev–Trinajstić information content (AvgIpc) is 2.87. The van der Waals surface area contributed by atoms with E-state index in [2.05, 4.69) is 6.07 Å². The summed E-state index contributed by atoms with van der Waals surface area (Å²) in [6.07, 6.45) is 0. The molecule has 1 heterocycles. The van der Waals surface area contributed by atoms with E-state index in [1.165, 1.54) is 44.4 Å². The second kappa shape index (κ2) is 10.4. The summed E-state index contributed by atoms with van der Waals surface area (Å²) in [5, 5.41) is 10.1. The van der Waals surface area contributed by atoms with Crippen molar-refractivity contribution in [2.45, 2.75) is 5.92 Å². The van der Waals surface area contributed by atoms with Crippen molar-refractivity contribution in [3.8, 4) is 6.07 Å². The Hall–Kier alpha value is -3.85. The summed E-state index contributed by atoms with van der Waals surface area (Å²) >= 11 is 1.96. The highest BCUT2D eigenvalue weighted by molar-refractivity contribution is 14.1. The lowest BCUT2D eigenvalue weighted by Crippen LogP contribution is -2.41. The summed E-state index contributed by atoms with van der Waals surface area (Å²) in [4.78, 5) is 39.3. The van der Waals surface area contributed by atoms with Crippen molar-refractivity contribution in [1.29, 1.82) is 5.26 Å². The highest BCUT2D eigenvalue weighted by Gasteiger charge is 2.43. The number of nitrogens with zero attached hydrogens (tertiary/aromatic N) is 2. The zero-order chi connectivity index (χ0) is 25.0. The molecule has 10 heteroatoms. The van der Waals surface area contributed by atoms with Crippen LogP contribution in [0.2, 0.25) is 0 Å². The molecular weight excluding hydrogens is 553 g/mol. The summed E-state index contributed by atoms with van der Waals surface area (Å²) < 4.78 is 15.3. The van der Waals surface area contributed by atoms with Gasteiger partial charge in [0.15, 0.2) is 0 Å². The van der Waals surface area contributed by atoms with Crippen molar-refractivity contribution < 1.29 is 28.6 Å². The van der Waals surface area contributed by atoms with Gasteiger partial charge in [0.05, 0.1) is 55.7 Å². The number of nitriles is 1. The molecule has 2 aromatic carbocycles. The van der Waals surface area contributed by atoms with Crippen LogP contribution in [0.3, 0.4) is 0 Å². The molecule has 34 heavy (non-hydrogen) atoms. The lowest BCUT2D eigenvalue weighted by molar-refractivity contribution is -0.139. The molecule has 2 aromatic rings. The SMILES string of the molecule is COC(=O)C1=C(C(=O)OC)N(c2ccc(C(=O)OC)cc2I)C(N)=C(C#N)C1c1ccccc1. The molecule has 9 nitrogen and oxygen atoms in total. The van der Waals surface area contributed by atoms with E-state index in [0.717, 1.165) is 0 Å². The van der Waals surface area contributed by atoms with Crippen molar-refractivity contribution in [3.63, 3.8) is 0 Å². The number of carbonyl (C=O) groups is 3. The molecular formula is C24H20IN3O6. The Balaban J connectivity index is 2.39. The number of esters is 3. The summed E-state index contributed by atoms with van der Waals surface area (Å²) in [6.45, 7) is 0. The van der Waals surface area contributed by atoms with E-state index in [0.29, 0.717) is 14.8 Å². The van der Waals surface area contributed by atoms with Gasteiger partial charge >= 0.3 is 17.9 Å². The molecule has 0 fully saturated rings. The van der Waals surface area contributed by atoms with Gasteiger partial charge in [-0.2, -0.15) is 5.26 Å². The molecule has 0 bridgehead atoms. The number of methoxy groups -OCH3 is 3. The Morgan fingerprint density at radius 3 is 2.12 bits per heavy atom. The standard InChI is InChI=1S/C24H20IN3O6/c1-32-22(29)14-9-10-17(16(25)11-14)28-20(24(31)34-3)19(23(30)33-2)18(15(12-26)21(28)27)13-7-5-4-6-8-13/h4-11,18H,27H2,1-3H3. The predicted octanol–water partition coefficient (Wildman–Crippen LogP) is 2.98. The number of rotatable bonds is 5. The molecule has 1 aliphatic heterocycles. The first-order chi connectivity index (χ1) is 16.3. The number of carbonyl (C=O) groups excluding carboxylic acids is 3. The summed E-state index contributed by atoms with van der Waals surface area (Å²) in [6, 6.07) is 15.4. The molecule has 1 unspecified atom stereocenters. The third-order valence-electron chi connectivity index (χ3n) is 5.22. The van der Waals surface area contributed by atoms with Gasteiger partial charge in [-0.25, -0.2) is 14.4 Å². The smallest absolute Gasteiger partial charge is 0.355 e. The minimum atomic E-state index is -0.962. The van der Waals surface area contributed by atoms with Gasteiger partial charge in [-0.1, -0.05) is 30.3 Å². The lowest BCUT2D eigenvalue weighted by Gasteiger charge is -2.36. The number of hydrogen-bond acceptors (Lipinski definition) is 9. The fourth-order valence-electron chi connectivity index (χ4n) is 3.70. The normalized spacial score (nSPS) is 15.5. The van der Waals surface area contributed by atoms with Crippen LogP contribution in [0.5, 0.6) is 0 Å². The number of ether oxygens (including phenoxy) is 3. The molecule has 0 saturated carbocycles. The molecule has 2 N–H and O–H groups in total. The fourth-order valence-corrected chi connectivity index (χ4v) is 4.45. The molecule has 1 aliphatic rings. The number of anilines is 1. The zero-order valence-electron chi connectivity index (χ0n) is 18.5. The van der Waals surface area contributed by atoms with E-state index in [9.17, 15) is 19.6 Å². The van der Waals surface area contributed by atoms with Crippen molar-refractivity contribution >= 4 is 46.2 Å². The van der Waals surface area contributed by atoms with Crippen LogP contribution in [0.4, 0.5) is 5.69 Å². The molecule has 0 radical (unpaired) electrons. The number of nitrogens with two attached hydrogens (primary N) is 1. The third kappa shape index (κ3) is 4.34. The van der Waals surface area contributed by atoms with Gasteiger partial charge in [-0.15, -0.1) is 0 Å². The summed E-state index contributed by atoms with van der Waals surface area (Å²) in [5.74, 6) is -3.24. The van der Waals surface area contributed by atoms with Crippen LogP contribution in [0, 0.1) is 14.9 Å². The minimum absolute atomic E-state index is 0.0482. The van der Waals surface area contributed by atoms with Gasteiger partial charge in [0, 0.05) is 3.57 Å². The van der Waals surface area contributed by atoms with E-state index in [-0.39, 0.29) is 28.2 Å². The molecule has 0 amide bonds. The maximum Gasteiger partial charge on any atom is 0.355 e. The lowest BCUT2D eigenvalue weighted by atomic mass is 9.81. The Bertz CT molecular complexity index is 1260. The highest BCUT2D eigenvalue weighted by Crippen LogP contribution is 2.44. The number of allylic oxidation sites excluding steroid dienone is 1. The minimum Gasteiger partial charge on any atom is -0.466 e. The number of halogens is 1. The summed E-state index contributed by atoms with van der Waals surface area (Å²) in [5.41, 5.74) is 7.42. The Morgan fingerprint density at radius 2 is 1.59 bits per heavy atom. The Morgan fingerprint density at radius 1 is 0.971 bits per heavy atom. The molecule has 0 aromatic heterocycles. The molecule has 0 saturated heterocycles. The topological polar surface area (TPSA) is 132 Å². The second-order valence-electron chi connectivity index (χ2n) is 6.99. The maximum atomic E-state index is 13.1. The van der Waals surface area contributed by atoms with Gasteiger partial charge in [0.2, 0.25) is 0 Å². The highest BCUT2D eigenvalue weighted by atomic mass is 127. The van der Waals surface area contributed by atoms with Gasteiger partial charge in [0.25, 0.3) is 0 Å². The van der Waals surface area contributed by atoms with Crippen LogP contribution in [0.1, 0.15) is 21.8 Å². The van der Waals surface area contributed by atoms with E-state index >= 15 is 0 Å². The first-order valence-corrected chi connectivity index (χ1v) is 10.9. The van der Waals surface area contributed by atoms with Crippen LogP contribution in [0.15, 0.2) is 71.2 Å². The van der Waals surface area contributed by atoms with Crippen LogP contribution >= 0.6 is 22.6 Å². The van der Waals surface area contributed by atoms with E-state index < -0.39 is 23.8 Å². The third-order valence-corrected chi connectivity index (χ3v) is 6.08. The fraction of sp³-hybridized carbons (Fsp3) is 0.167. The maximum absolute atomic E-state index is 13.1. The second-order valence-corrected chi connectivity index (χ2v) is 8.16. The van der Waals surface area contributed by atoms with Gasteiger partial charge in [-0.3, -0.25) is 4.90 Å². The van der Waals surface area contributed by atoms with E-state index in [1.54, 1.807) is 30.3 Å². The van der Waals surface area contributed by atoms with Crippen molar-refractivity contribution in [3.05, 3.63) is 85.9 Å². The Kier molecular flexibility index (Phi) is 7.57. The number of benzene rings is 2. The Labute approximate surface area is 209 Å². The van der Waals surface area contributed by atoms with Crippen LogP contribution in [0.25, 0.3) is 0 Å². The van der Waals surface area contributed by atoms with Crippen molar-refractivity contribution in [2.75, 3.05) is 26.2 Å². The van der Waals surface area contributed by atoms with E-state index in [1.807, 2.05) is 22.6 Å². The summed E-state index contributed by atoms with van der Waals surface area (Å²) in [7, 11) is 3.61. The number of hydrogen-bond donors (Lipinski definition) is 1. The van der Waals surface area contributed by atoms with Gasteiger partial charge in [-0.05, 0) is 46.4 Å². The predicted molar refractivity (Wildman–Crippen MR) is 130 cm³/mol. The largest absolute Gasteiger partial charge is 0.466 e. The van der Waals surface area contributed by atoms with Crippen molar-refractivity contribution in [2.24, 2.45) is 5.73 Å². The molecule has 0 spiro atoms. The van der Waals surface area contributed by atoms with Crippen LogP contribution in [-0.4, -0.2) is 39.2 Å². The zero-order valence-corrected chi connectivity index (χ0v) is 20.7. The molecule has 1 atom stereocenters. The van der Waals surface area contributed by atoms with E-state index in [4.69, 9.17) is 19.9 Å². The first-order valence-electron chi connectivity index (χ1n) is 9.84. The van der Waals surface area contributed by atoms with Crippen LogP contribution < -0.4 is 10.6 Å². The first kappa shape index (κ1) is 24.8. The molecule has 0 aliphatic carbocycles. The van der Waals surface area contributed by atoms with Crippen LogP contribution in [-0.2, 0) is 23.8 Å². The monoisotopic (exact) mass is 573 g/mol. The average molecular weight is 573 g/mol. The molecule has 3 rings (SSSR count).